The van der Waals surface area contributed by atoms with Gasteiger partial charge in [0.1, 0.15) is 5.69 Å². The highest BCUT2D eigenvalue weighted by atomic mass is 16.1. The van der Waals surface area contributed by atoms with E-state index in [9.17, 15) is 4.79 Å². The monoisotopic (exact) mass is 352 g/mol. The van der Waals surface area contributed by atoms with E-state index >= 15 is 0 Å². The van der Waals surface area contributed by atoms with Gasteiger partial charge in [0.15, 0.2) is 0 Å². The average Bonchev–Trinajstić information content (AvgIpc) is 2.90. The topological polar surface area (TPSA) is 66.9 Å². The second kappa shape index (κ2) is 8.79. The predicted octanol–water partition coefficient (Wildman–Crippen LogP) is 4.41. The molecule has 1 saturated carbocycles. The van der Waals surface area contributed by atoms with Gasteiger partial charge < -0.3 is 10.6 Å². The van der Waals surface area contributed by atoms with Crippen LogP contribution in [0.15, 0.2) is 36.4 Å². The first kappa shape index (κ1) is 18.4. The molecule has 0 aliphatic heterocycles. The van der Waals surface area contributed by atoms with Crippen LogP contribution in [0.25, 0.3) is 0 Å². The smallest absolute Gasteiger partial charge is 0.270 e. The molecule has 1 aliphatic carbocycles. The summed E-state index contributed by atoms with van der Waals surface area (Å²) in [6.45, 7) is 3.95. The first-order valence-electron chi connectivity index (χ1n) is 9.60. The molecule has 0 spiro atoms. The fourth-order valence-electron chi connectivity index (χ4n) is 3.45. The third-order valence-corrected chi connectivity index (χ3v) is 4.92. The number of anilines is 1. The lowest BCUT2D eigenvalue weighted by Crippen LogP contribution is -2.35. The molecular formula is C21H28N4O. The van der Waals surface area contributed by atoms with Crippen molar-refractivity contribution in [1.82, 2.24) is 15.3 Å². The highest BCUT2D eigenvalue weighted by molar-refractivity contribution is 5.92. The molecule has 5 nitrogen and oxygen atoms in total. The molecular weight excluding hydrogens is 324 g/mol. The fraction of sp³-hybridized carbons (Fsp3) is 0.476. The van der Waals surface area contributed by atoms with Gasteiger partial charge in [-0.3, -0.25) is 4.79 Å². The van der Waals surface area contributed by atoms with E-state index in [-0.39, 0.29) is 18.0 Å². The van der Waals surface area contributed by atoms with Gasteiger partial charge in [-0.1, -0.05) is 56.0 Å². The fourth-order valence-corrected chi connectivity index (χ4v) is 3.45. The molecule has 1 aromatic carbocycles. The van der Waals surface area contributed by atoms with Gasteiger partial charge in [-0.2, -0.15) is 0 Å². The van der Waals surface area contributed by atoms with Crippen molar-refractivity contribution in [2.24, 2.45) is 0 Å². The van der Waals surface area contributed by atoms with Gasteiger partial charge in [-0.25, -0.2) is 9.97 Å². The van der Waals surface area contributed by atoms with Crippen LogP contribution in [0.4, 0.5) is 5.95 Å². The van der Waals surface area contributed by atoms with Crippen LogP contribution in [0, 0.1) is 6.92 Å². The number of carbonyl (C=O) groups is 1. The van der Waals surface area contributed by atoms with Crippen molar-refractivity contribution < 1.29 is 4.79 Å². The quantitative estimate of drug-likeness (QED) is 0.782. The molecule has 5 heteroatoms. The molecule has 2 aromatic rings. The first-order chi connectivity index (χ1) is 12.6. The normalized spacial score (nSPS) is 16.5. The minimum Gasteiger partial charge on any atom is -0.348 e. The number of hydrogen-bond donors (Lipinski definition) is 2. The molecule has 1 atom stereocenters. The minimum absolute atomic E-state index is 0.0655. The van der Waals surface area contributed by atoms with E-state index in [4.69, 9.17) is 0 Å². The summed E-state index contributed by atoms with van der Waals surface area (Å²) in [7, 11) is 0. The molecule has 0 radical (unpaired) electrons. The second-order valence-electron chi connectivity index (χ2n) is 7.16. The summed E-state index contributed by atoms with van der Waals surface area (Å²) in [5.74, 6) is 0.394. The summed E-state index contributed by atoms with van der Waals surface area (Å²) in [5, 5.41) is 6.46. The maximum absolute atomic E-state index is 12.7. The standard InChI is InChI=1S/C21H28N4O/c1-15-14-19(20(26)24-18-12-8-3-4-9-13-18)25-21(22-15)23-16(2)17-10-6-5-7-11-17/h5-7,10-11,14,16,18H,3-4,8-9,12-13H2,1-2H3,(H,24,26)(H,22,23,25). The lowest BCUT2D eigenvalue weighted by Gasteiger charge is -2.17. The Balaban J connectivity index is 1.69. The van der Waals surface area contributed by atoms with E-state index in [2.05, 4.69) is 39.7 Å². The molecule has 138 valence electrons. The van der Waals surface area contributed by atoms with Crippen LogP contribution in [-0.2, 0) is 0 Å². The Hall–Kier alpha value is -2.43. The Morgan fingerprint density at radius 1 is 1.08 bits per heavy atom. The van der Waals surface area contributed by atoms with E-state index in [1.807, 2.05) is 25.1 Å². The van der Waals surface area contributed by atoms with Crippen molar-refractivity contribution in [2.75, 3.05) is 5.32 Å². The Kier molecular flexibility index (Phi) is 6.21. The number of nitrogens with zero attached hydrogens (tertiary/aromatic N) is 2. The Bertz CT molecular complexity index is 724. The Morgan fingerprint density at radius 3 is 2.46 bits per heavy atom. The van der Waals surface area contributed by atoms with Crippen molar-refractivity contribution in [3.63, 3.8) is 0 Å². The van der Waals surface area contributed by atoms with E-state index < -0.39 is 0 Å². The second-order valence-corrected chi connectivity index (χ2v) is 7.16. The SMILES string of the molecule is Cc1cc(C(=O)NC2CCCCCC2)nc(NC(C)c2ccccc2)n1. The van der Waals surface area contributed by atoms with Crippen molar-refractivity contribution in [3.05, 3.63) is 53.3 Å². The molecule has 26 heavy (non-hydrogen) atoms. The van der Waals surface area contributed by atoms with Gasteiger partial charge >= 0.3 is 0 Å². The maximum atomic E-state index is 12.7. The van der Waals surface area contributed by atoms with E-state index in [0.29, 0.717) is 11.6 Å². The van der Waals surface area contributed by atoms with Gasteiger partial charge in [-0.05, 0) is 38.3 Å². The Morgan fingerprint density at radius 2 is 1.77 bits per heavy atom. The van der Waals surface area contributed by atoms with Gasteiger partial charge in [0, 0.05) is 11.7 Å². The van der Waals surface area contributed by atoms with Crippen LogP contribution in [0.5, 0.6) is 0 Å². The zero-order valence-electron chi connectivity index (χ0n) is 15.7. The number of hydrogen-bond acceptors (Lipinski definition) is 4. The Labute approximate surface area is 155 Å². The van der Waals surface area contributed by atoms with Gasteiger partial charge in [0.2, 0.25) is 5.95 Å². The highest BCUT2D eigenvalue weighted by Gasteiger charge is 2.18. The average molecular weight is 352 g/mol. The van der Waals surface area contributed by atoms with Crippen molar-refractivity contribution in [3.8, 4) is 0 Å². The molecule has 1 aliphatic rings. The molecule has 1 aromatic heterocycles. The van der Waals surface area contributed by atoms with Gasteiger partial charge in [0.05, 0.1) is 6.04 Å². The largest absolute Gasteiger partial charge is 0.348 e. The third-order valence-electron chi connectivity index (χ3n) is 4.92. The van der Waals surface area contributed by atoms with E-state index in [0.717, 1.165) is 24.1 Å². The van der Waals surface area contributed by atoms with Crippen molar-refractivity contribution >= 4 is 11.9 Å². The van der Waals surface area contributed by atoms with Gasteiger partial charge in [-0.15, -0.1) is 0 Å². The van der Waals surface area contributed by atoms with Crippen LogP contribution < -0.4 is 10.6 Å². The molecule has 2 N–H and O–H groups in total. The third kappa shape index (κ3) is 5.04. The number of rotatable bonds is 5. The summed E-state index contributed by atoms with van der Waals surface area (Å²) in [5.41, 5.74) is 2.38. The lowest BCUT2D eigenvalue weighted by molar-refractivity contribution is 0.0928. The highest BCUT2D eigenvalue weighted by Crippen LogP contribution is 2.19. The summed E-state index contributed by atoms with van der Waals surface area (Å²) in [6.07, 6.45) is 7.04. The molecule has 1 amide bonds. The minimum atomic E-state index is -0.0992. The molecule has 3 rings (SSSR count). The number of carbonyl (C=O) groups excluding carboxylic acids is 1. The van der Waals surface area contributed by atoms with Crippen molar-refractivity contribution in [2.45, 2.75) is 64.5 Å². The molecule has 1 heterocycles. The predicted molar refractivity (Wildman–Crippen MR) is 104 cm³/mol. The summed E-state index contributed by atoms with van der Waals surface area (Å²) >= 11 is 0. The molecule has 0 saturated heterocycles. The summed E-state index contributed by atoms with van der Waals surface area (Å²) in [6, 6.07) is 12.2. The van der Waals surface area contributed by atoms with Crippen LogP contribution in [0.2, 0.25) is 0 Å². The van der Waals surface area contributed by atoms with Crippen molar-refractivity contribution in [1.29, 1.82) is 0 Å². The van der Waals surface area contributed by atoms with Gasteiger partial charge in [0.25, 0.3) is 5.91 Å². The lowest BCUT2D eigenvalue weighted by atomic mass is 10.1. The summed E-state index contributed by atoms with van der Waals surface area (Å²) < 4.78 is 0. The van der Waals surface area contributed by atoms with E-state index in [1.165, 1.54) is 25.7 Å². The number of aryl methyl sites for hydroxylation is 1. The number of benzene rings is 1. The van der Waals surface area contributed by atoms with Crippen LogP contribution in [0.1, 0.15) is 73.2 Å². The first-order valence-corrected chi connectivity index (χ1v) is 9.60. The zero-order chi connectivity index (χ0) is 18.4. The maximum Gasteiger partial charge on any atom is 0.270 e. The molecule has 1 unspecified atom stereocenters. The molecule has 1 fully saturated rings. The number of amides is 1. The summed E-state index contributed by atoms with van der Waals surface area (Å²) in [4.78, 5) is 21.6. The van der Waals surface area contributed by atoms with Crippen LogP contribution in [0.3, 0.4) is 0 Å². The van der Waals surface area contributed by atoms with Crippen LogP contribution in [-0.4, -0.2) is 21.9 Å². The molecule has 0 bridgehead atoms. The van der Waals surface area contributed by atoms with E-state index in [1.54, 1.807) is 6.07 Å². The van der Waals surface area contributed by atoms with Crippen LogP contribution >= 0.6 is 0 Å². The number of nitrogens with one attached hydrogen (secondary N) is 2. The zero-order valence-corrected chi connectivity index (χ0v) is 15.7. The number of aromatic nitrogens is 2.